The molecular formula is C37H39FN4O6Si. The van der Waals surface area contributed by atoms with Crippen molar-refractivity contribution in [3.8, 4) is 28.7 Å². The van der Waals surface area contributed by atoms with Gasteiger partial charge in [0.2, 0.25) is 17.7 Å². The van der Waals surface area contributed by atoms with Crippen molar-refractivity contribution in [2.75, 3.05) is 23.8 Å². The van der Waals surface area contributed by atoms with Gasteiger partial charge in [-0.2, -0.15) is 0 Å². The van der Waals surface area contributed by atoms with Crippen LogP contribution in [0.1, 0.15) is 33.6 Å². The third kappa shape index (κ3) is 7.50. The highest BCUT2D eigenvalue weighted by Gasteiger charge is 2.56. The molecule has 2 aromatic heterocycles. The van der Waals surface area contributed by atoms with E-state index in [1.54, 1.807) is 42.7 Å². The van der Waals surface area contributed by atoms with Crippen molar-refractivity contribution in [1.29, 1.82) is 0 Å². The van der Waals surface area contributed by atoms with Gasteiger partial charge < -0.3 is 29.0 Å². The van der Waals surface area contributed by atoms with Gasteiger partial charge in [-0.1, -0.05) is 20.8 Å². The molecule has 0 aliphatic heterocycles. The Morgan fingerprint density at radius 3 is 2.12 bits per heavy atom. The Morgan fingerprint density at radius 2 is 1.53 bits per heavy atom. The molecule has 5 aromatic rings. The molecule has 10 nitrogen and oxygen atoms in total. The Kier molecular flexibility index (Phi) is 9.28. The number of rotatable bonds is 12. The van der Waals surface area contributed by atoms with Crippen LogP contribution >= 0.6 is 0 Å². The third-order valence-electron chi connectivity index (χ3n) is 9.14. The molecule has 254 valence electrons. The molecule has 49 heavy (non-hydrogen) atoms. The van der Waals surface area contributed by atoms with Crippen molar-refractivity contribution in [3.63, 3.8) is 0 Å². The summed E-state index contributed by atoms with van der Waals surface area (Å²) in [6.07, 6.45) is 5.60. The number of aromatic nitrogens is 2. The van der Waals surface area contributed by atoms with E-state index < -0.39 is 31.4 Å². The number of fused-ring (bicyclic) bond motifs is 1. The minimum atomic E-state index is -1.92. The first-order valence-corrected chi connectivity index (χ1v) is 19.0. The number of ether oxygens (including phenoxy) is 2. The van der Waals surface area contributed by atoms with Gasteiger partial charge in [-0.15, -0.1) is 0 Å². The minimum Gasteiger partial charge on any atom is -0.490 e. The van der Waals surface area contributed by atoms with Crippen LogP contribution in [0.15, 0.2) is 89.8 Å². The monoisotopic (exact) mass is 682 g/mol. The van der Waals surface area contributed by atoms with Gasteiger partial charge in [0.15, 0.2) is 8.32 Å². The molecule has 0 saturated heterocycles. The van der Waals surface area contributed by atoms with Crippen molar-refractivity contribution in [2.24, 2.45) is 5.41 Å². The number of carbonyl (C=O) groups is 2. The molecule has 1 aliphatic rings. The van der Waals surface area contributed by atoms with Gasteiger partial charge in [0, 0.05) is 29.0 Å². The van der Waals surface area contributed by atoms with E-state index in [-0.39, 0.29) is 5.04 Å². The summed E-state index contributed by atoms with van der Waals surface area (Å²) < 4.78 is 37.7. The lowest BCUT2D eigenvalue weighted by molar-refractivity contribution is -0.131. The van der Waals surface area contributed by atoms with Crippen LogP contribution in [0.4, 0.5) is 15.8 Å². The summed E-state index contributed by atoms with van der Waals surface area (Å²) in [7, 11) is -1.92. The van der Waals surface area contributed by atoms with Crippen LogP contribution in [0.3, 0.4) is 0 Å². The molecule has 0 bridgehead atoms. The van der Waals surface area contributed by atoms with Crippen LogP contribution in [0, 0.1) is 11.2 Å². The molecule has 6 rings (SSSR count). The fourth-order valence-electron chi connectivity index (χ4n) is 5.00. The molecule has 1 saturated carbocycles. The average Bonchev–Trinajstić information content (AvgIpc) is 3.71. The van der Waals surface area contributed by atoms with E-state index in [1.807, 2.05) is 12.1 Å². The Labute approximate surface area is 285 Å². The zero-order valence-corrected chi connectivity index (χ0v) is 29.1. The molecule has 0 atom stereocenters. The van der Waals surface area contributed by atoms with E-state index in [4.69, 9.17) is 18.3 Å². The second kappa shape index (κ2) is 13.4. The lowest BCUT2D eigenvalue weighted by Gasteiger charge is -2.36. The Balaban J connectivity index is 1.14. The molecule has 0 radical (unpaired) electrons. The lowest BCUT2D eigenvalue weighted by atomic mass is 10.0. The Morgan fingerprint density at radius 1 is 0.878 bits per heavy atom. The largest absolute Gasteiger partial charge is 0.490 e. The standard InChI is InChI=1S/C37H39FN4O6Si/c1-36(2,3)49(4,5)47-21-20-45-32-23-30-28(22-29(32)33-40-18-19-46-33)31(14-17-39-30)48-27-12-10-26(11-13-27)42-35(44)37(15-16-37)34(43)41-25-8-6-24(38)7-9-25/h6-14,17-19,22-23H,15-16,20-21H2,1-5H3,(H,41,43)(H,42,44). The van der Waals surface area contributed by atoms with Crippen molar-refractivity contribution in [2.45, 2.75) is 51.7 Å². The third-order valence-corrected chi connectivity index (χ3v) is 13.7. The first-order chi connectivity index (χ1) is 23.3. The van der Waals surface area contributed by atoms with Crippen LogP contribution < -0.4 is 20.1 Å². The number of halogens is 1. The first kappa shape index (κ1) is 33.8. The number of hydrogen-bond acceptors (Lipinski definition) is 8. The van der Waals surface area contributed by atoms with Crippen LogP contribution in [0.5, 0.6) is 17.2 Å². The Hall–Kier alpha value is -5.07. The first-order valence-electron chi connectivity index (χ1n) is 16.1. The number of nitrogens with one attached hydrogen (secondary N) is 2. The molecule has 12 heteroatoms. The van der Waals surface area contributed by atoms with E-state index in [0.717, 1.165) is 5.39 Å². The topological polar surface area (TPSA) is 125 Å². The van der Waals surface area contributed by atoms with Crippen molar-refractivity contribution < 1.29 is 32.3 Å². The average molecular weight is 683 g/mol. The number of hydrogen-bond donors (Lipinski definition) is 2. The number of nitrogens with zero attached hydrogens (tertiary/aromatic N) is 2. The van der Waals surface area contributed by atoms with E-state index in [2.05, 4.69) is 54.5 Å². The molecule has 2 heterocycles. The maximum Gasteiger partial charge on any atom is 0.240 e. The van der Waals surface area contributed by atoms with E-state index in [9.17, 15) is 14.0 Å². The predicted octanol–water partition coefficient (Wildman–Crippen LogP) is 8.58. The summed E-state index contributed by atoms with van der Waals surface area (Å²) in [5, 5.41) is 6.38. The number of pyridine rings is 1. The summed E-state index contributed by atoms with van der Waals surface area (Å²) in [6.45, 7) is 11.8. The van der Waals surface area contributed by atoms with E-state index in [0.29, 0.717) is 71.6 Å². The SMILES string of the molecule is CC(C)(C)[Si](C)(C)OCCOc1cc2nccc(Oc3ccc(NC(=O)C4(C(=O)Nc5ccc(F)cc5)CC4)cc3)c2cc1-c1ncco1. The van der Waals surface area contributed by atoms with Crippen molar-refractivity contribution in [3.05, 3.63) is 91.2 Å². The molecule has 3 aromatic carbocycles. The van der Waals surface area contributed by atoms with Crippen LogP contribution in [0.25, 0.3) is 22.4 Å². The van der Waals surface area contributed by atoms with Gasteiger partial charge >= 0.3 is 0 Å². The fourth-order valence-corrected chi connectivity index (χ4v) is 6.02. The minimum absolute atomic E-state index is 0.0957. The highest BCUT2D eigenvalue weighted by atomic mass is 28.4. The number of amides is 2. The molecule has 0 unspecified atom stereocenters. The van der Waals surface area contributed by atoms with E-state index >= 15 is 0 Å². The van der Waals surface area contributed by atoms with E-state index in [1.165, 1.54) is 30.5 Å². The quantitative estimate of drug-likeness (QED) is 0.0762. The van der Waals surface area contributed by atoms with Crippen LogP contribution in [-0.2, 0) is 14.0 Å². The molecule has 1 aliphatic carbocycles. The van der Waals surface area contributed by atoms with Gasteiger partial charge in [0.25, 0.3) is 0 Å². The molecular weight excluding hydrogens is 644 g/mol. The van der Waals surface area contributed by atoms with Crippen molar-refractivity contribution >= 4 is 42.4 Å². The van der Waals surface area contributed by atoms with Crippen molar-refractivity contribution in [1.82, 2.24) is 9.97 Å². The zero-order valence-electron chi connectivity index (χ0n) is 28.1. The van der Waals surface area contributed by atoms with Crippen LogP contribution in [-0.4, -0.2) is 43.3 Å². The second-order valence-corrected chi connectivity index (χ2v) is 18.4. The summed E-state index contributed by atoms with van der Waals surface area (Å²) in [5.74, 6) is 0.825. The predicted molar refractivity (Wildman–Crippen MR) is 188 cm³/mol. The summed E-state index contributed by atoms with van der Waals surface area (Å²) in [6, 6.07) is 17.8. The summed E-state index contributed by atoms with van der Waals surface area (Å²) in [5.41, 5.74) is 1.09. The number of oxazole rings is 1. The van der Waals surface area contributed by atoms with Gasteiger partial charge in [-0.25, -0.2) is 9.37 Å². The normalized spacial score (nSPS) is 13.9. The lowest BCUT2D eigenvalue weighted by Crippen LogP contribution is -2.41. The molecule has 2 N–H and O–H groups in total. The molecule has 0 spiro atoms. The van der Waals surface area contributed by atoms with Gasteiger partial charge in [-0.3, -0.25) is 14.6 Å². The number of carbonyl (C=O) groups excluding carboxylic acids is 2. The number of anilines is 2. The maximum absolute atomic E-state index is 13.2. The van der Waals surface area contributed by atoms with Crippen LogP contribution in [0.2, 0.25) is 18.1 Å². The summed E-state index contributed by atoms with van der Waals surface area (Å²) in [4.78, 5) is 35.0. The summed E-state index contributed by atoms with van der Waals surface area (Å²) >= 11 is 0. The molecule has 1 fully saturated rings. The smallest absolute Gasteiger partial charge is 0.240 e. The number of benzene rings is 3. The van der Waals surface area contributed by atoms with Gasteiger partial charge in [0.1, 0.15) is 41.4 Å². The molecule has 2 amide bonds. The highest BCUT2D eigenvalue weighted by molar-refractivity contribution is 6.74. The second-order valence-electron chi connectivity index (χ2n) is 13.6. The van der Waals surface area contributed by atoms with Gasteiger partial charge in [0.05, 0.1) is 23.9 Å². The van der Waals surface area contributed by atoms with Gasteiger partial charge in [-0.05, 0) is 91.6 Å². The highest BCUT2D eigenvalue weighted by Crippen LogP contribution is 2.47. The maximum atomic E-state index is 13.2. The zero-order chi connectivity index (χ0) is 34.8. The Bertz CT molecular complexity index is 1950. The fraction of sp³-hybridized carbons (Fsp3) is 0.297.